The van der Waals surface area contributed by atoms with Gasteiger partial charge in [0.15, 0.2) is 0 Å². The van der Waals surface area contributed by atoms with Crippen molar-refractivity contribution in [2.45, 2.75) is 6.54 Å². The van der Waals surface area contributed by atoms with Gasteiger partial charge in [-0.3, -0.25) is 4.79 Å². The van der Waals surface area contributed by atoms with E-state index >= 15 is 0 Å². The highest BCUT2D eigenvalue weighted by Crippen LogP contribution is 2.36. The number of aromatic nitrogens is 2. The molecule has 2 heterocycles. The largest absolute Gasteiger partial charge is 0.497 e. The zero-order valence-corrected chi connectivity index (χ0v) is 16.7. The fourth-order valence-corrected chi connectivity index (χ4v) is 3.50. The van der Waals surface area contributed by atoms with E-state index in [1.54, 1.807) is 19.6 Å². The van der Waals surface area contributed by atoms with Crippen molar-refractivity contribution in [2.75, 3.05) is 48.9 Å². The van der Waals surface area contributed by atoms with Crippen LogP contribution in [0.1, 0.15) is 10.4 Å². The van der Waals surface area contributed by atoms with Crippen molar-refractivity contribution >= 4 is 23.0 Å². The van der Waals surface area contributed by atoms with Crippen LogP contribution in [0.15, 0.2) is 61.2 Å². The summed E-state index contributed by atoms with van der Waals surface area (Å²) >= 11 is 0. The molecule has 2 aromatic carbocycles. The van der Waals surface area contributed by atoms with Gasteiger partial charge in [0.05, 0.1) is 24.8 Å². The van der Waals surface area contributed by atoms with E-state index in [0.29, 0.717) is 12.1 Å². The Morgan fingerprint density at radius 1 is 1.14 bits per heavy atom. The first-order valence-corrected chi connectivity index (χ1v) is 9.66. The van der Waals surface area contributed by atoms with Crippen LogP contribution in [0.2, 0.25) is 0 Å². The highest BCUT2D eigenvalue weighted by atomic mass is 16.5. The molecular formula is C22H25N5O2. The highest BCUT2D eigenvalue weighted by Gasteiger charge is 2.26. The summed E-state index contributed by atoms with van der Waals surface area (Å²) in [5.74, 6) is 0.797. The maximum Gasteiger partial charge on any atom is 0.258 e. The van der Waals surface area contributed by atoms with E-state index in [9.17, 15) is 4.79 Å². The van der Waals surface area contributed by atoms with Gasteiger partial charge >= 0.3 is 0 Å². The first kappa shape index (κ1) is 18.9. The molecular weight excluding hydrogens is 366 g/mol. The summed E-state index contributed by atoms with van der Waals surface area (Å²) < 4.78 is 7.35. The Bertz CT molecular complexity index is 969. The van der Waals surface area contributed by atoms with E-state index in [2.05, 4.69) is 15.2 Å². The van der Waals surface area contributed by atoms with Crippen molar-refractivity contribution in [3.8, 4) is 5.75 Å². The molecule has 1 aromatic heterocycles. The zero-order chi connectivity index (χ0) is 20.2. The van der Waals surface area contributed by atoms with Crippen molar-refractivity contribution in [3.63, 3.8) is 0 Å². The Balaban J connectivity index is 1.45. The lowest BCUT2D eigenvalue weighted by molar-refractivity contribution is 0.0986. The lowest BCUT2D eigenvalue weighted by atomic mass is 10.1. The summed E-state index contributed by atoms with van der Waals surface area (Å²) in [7, 11) is 3.68. The van der Waals surface area contributed by atoms with E-state index in [4.69, 9.17) is 4.74 Å². The van der Waals surface area contributed by atoms with E-state index in [1.807, 2.05) is 65.2 Å². The number of anilines is 3. The Kier molecular flexibility index (Phi) is 5.37. The van der Waals surface area contributed by atoms with Gasteiger partial charge in [-0.2, -0.15) is 0 Å². The van der Waals surface area contributed by atoms with Crippen molar-refractivity contribution in [2.24, 2.45) is 0 Å². The minimum Gasteiger partial charge on any atom is -0.497 e. The maximum absolute atomic E-state index is 13.1. The summed E-state index contributed by atoms with van der Waals surface area (Å²) in [5.41, 5.74) is 3.58. The average molecular weight is 391 g/mol. The van der Waals surface area contributed by atoms with Crippen LogP contribution >= 0.6 is 0 Å². The number of likely N-dealkylation sites (N-methyl/N-ethyl adjacent to an activating group) is 1. The molecule has 0 fully saturated rings. The predicted molar refractivity (Wildman–Crippen MR) is 115 cm³/mol. The first-order chi connectivity index (χ1) is 14.2. The molecule has 1 aliphatic rings. The van der Waals surface area contributed by atoms with Crippen LogP contribution in [0.25, 0.3) is 0 Å². The first-order valence-electron chi connectivity index (χ1n) is 9.66. The van der Waals surface area contributed by atoms with Gasteiger partial charge in [0.1, 0.15) is 5.75 Å². The minimum absolute atomic E-state index is 0.00878. The second-order valence-corrected chi connectivity index (χ2v) is 7.04. The van der Waals surface area contributed by atoms with Crippen LogP contribution in [-0.2, 0) is 6.54 Å². The van der Waals surface area contributed by atoms with Gasteiger partial charge in [0.25, 0.3) is 5.91 Å². The summed E-state index contributed by atoms with van der Waals surface area (Å²) in [6.45, 7) is 3.05. The number of fused-ring (bicyclic) bond motifs is 1. The monoisotopic (exact) mass is 391 g/mol. The van der Waals surface area contributed by atoms with Crippen LogP contribution in [-0.4, -0.2) is 49.2 Å². The van der Waals surface area contributed by atoms with Gasteiger partial charge < -0.3 is 24.4 Å². The van der Waals surface area contributed by atoms with Crippen molar-refractivity contribution in [1.82, 2.24) is 9.55 Å². The number of rotatable bonds is 6. The molecule has 0 radical (unpaired) electrons. The van der Waals surface area contributed by atoms with Gasteiger partial charge in [0, 0.05) is 62.9 Å². The lowest BCUT2D eigenvalue weighted by Crippen LogP contribution is -2.42. The molecule has 4 rings (SSSR count). The normalized spacial score (nSPS) is 13.2. The number of nitrogens with zero attached hydrogens (tertiary/aromatic N) is 4. The highest BCUT2D eigenvalue weighted by molar-refractivity contribution is 6.08. The van der Waals surface area contributed by atoms with Crippen LogP contribution in [0.4, 0.5) is 17.1 Å². The minimum atomic E-state index is 0.00878. The Morgan fingerprint density at radius 2 is 1.97 bits per heavy atom. The van der Waals surface area contributed by atoms with Crippen LogP contribution in [0.3, 0.4) is 0 Å². The summed E-state index contributed by atoms with van der Waals surface area (Å²) in [6.07, 6.45) is 5.51. The third-order valence-electron chi connectivity index (χ3n) is 5.18. The molecule has 0 unspecified atom stereocenters. The fourth-order valence-electron chi connectivity index (χ4n) is 3.50. The molecule has 7 nitrogen and oxygen atoms in total. The molecule has 3 aromatic rings. The quantitative estimate of drug-likeness (QED) is 0.700. The summed E-state index contributed by atoms with van der Waals surface area (Å²) in [6, 6.07) is 13.5. The number of methoxy groups -OCH3 is 1. The summed E-state index contributed by atoms with van der Waals surface area (Å²) in [4.78, 5) is 21.2. The molecule has 150 valence electrons. The molecule has 0 spiro atoms. The van der Waals surface area contributed by atoms with E-state index in [1.165, 1.54) is 0 Å². The molecule has 0 saturated carbocycles. The van der Waals surface area contributed by atoms with Gasteiger partial charge in [-0.05, 0) is 36.4 Å². The number of ether oxygens (including phenoxy) is 1. The number of carbonyl (C=O) groups is 1. The van der Waals surface area contributed by atoms with Crippen LogP contribution < -0.4 is 19.9 Å². The molecule has 29 heavy (non-hydrogen) atoms. The van der Waals surface area contributed by atoms with E-state index in [0.717, 1.165) is 42.4 Å². The predicted octanol–water partition coefficient (Wildman–Crippen LogP) is 3.10. The smallest absolute Gasteiger partial charge is 0.258 e. The number of amides is 1. The molecule has 7 heteroatoms. The number of nitrogens with one attached hydrogen (secondary N) is 1. The number of hydrogen-bond acceptors (Lipinski definition) is 5. The number of imidazole rings is 1. The molecule has 0 bridgehead atoms. The Morgan fingerprint density at radius 3 is 2.69 bits per heavy atom. The van der Waals surface area contributed by atoms with Gasteiger partial charge in [-0.25, -0.2) is 4.98 Å². The lowest BCUT2D eigenvalue weighted by Gasteiger charge is -2.36. The third kappa shape index (κ3) is 4.03. The fraction of sp³-hybridized carbons (Fsp3) is 0.273. The maximum atomic E-state index is 13.1. The number of hydrogen-bond donors (Lipinski definition) is 1. The van der Waals surface area contributed by atoms with Crippen molar-refractivity contribution < 1.29 is 9.53 Å². The second kappa shape index (κ2) is 8.26. The second-order valence-electron chi connectivity index (χ2n) is 7.04. The Hall–Kier alpha value is -3.48. The Labute approximate surface area is 170 Å². The van der Waals surface area contributed by atoms with Crippen LogP contribution in [0, 0.1) is 0 Å². The average Bonchev–Trinajstić information content (AvgIpc) is 3.27. The number of benzene rings is 2. The van der Waals surface area contributed by atoms with Crippen molar-refractivity contribution in [3.05, 3.63) is 66.7 Å². The number of carbonyl (C=O) groups excluding carboxylic acids is 1. The SMILES string of the molecule is COc1ccc2c(c1)N(C)CCN2C(=O)c1ccc(NCCn2ccnc2)cc1. The zero-order valence-electron chi connectivity index (χ0n) is 16.7. The third-order valence-corrected chi connectivity index (χ3v) is 5.18. The van der Waals surface area contributed by atoms with Crippen molar-refractivity contribution in [1.29, 1.82) is 0 Å². The van der Waals surface area contributed by atoms with Gasteiger partial charge in [0.2, 0.25) is 0 Å². The van der Waals surface area contributed by atoms with E-state index < -0.39 is 0 Å². The molecule has 1 aliphatic heterocycles. The topological polar surface area (TPSA) is 62.6 Å². The summed E-state index contributed by atoms with van der Waals surface area (Å²) in [5, 5.41) is 3.37. The van der Waals surface area contributed by atoms with Crippen LogP contribution in [0.5, 0.6) is 5.75 Å². The van der Waals surface area contributed by atoms with Gasteiger partial charge in [-0.1, -0.05) is 0 Å². The molecule has 0 atom stereocenters. The van der Waals surface area contributed by atoms with Gasteiger partial charge in [-0.15, -0.1) is 0 Å². The van der Waals surface area contributed by atoms with E-state index in [-0.39, 0.29) is 5.91 Å². The molecule has 0 saturated heterocycles. The molecule has 1 amide bonds. The molecule has 1 N–H and O–H groups in total. The molecule has 0 aliphatic carbocycles. The standard InChI is InChI=1S/C22H25N5O2/c1-25-13-14-27(20-8-7-19(29-2)15-21(20)25)22(28)17-3-5-18(6-4-17)24-10-12-26-11-9-23-16-26/h3-9,11,15-16,24H,10,12-14H2,1-2H3.